The zero-order valence-corrected chi connectivity index (χ0v) is 22.9. The Kier molecular flexibility index (Phi) is 9.02. The first kappa shape index (κ1) is 28.7. The van der Waals surface area contributed by atoms with Gasteiger partial charge in [-0.1, -0.05) is 41.6 Å². The van der Waals surface area contributed by atoms with E-state index < -0.39 is 30.6 Å². The Labute approximate surface area is 241 Å². The van der Waals surface area contributed by atoms with Crippen LogP contribution in [0, 0.1) is 5.82 Å². The lowest BCUT2D eigenvalue weighted by atomic mass is 10.0. The van der Waals surface area contributed by atoms with Crippen LogP contribution in [0.4, 0.5) is 19.3 Å². The van der Waals surface area contributed by atoms with E-state index in [2.05, 4.69) is 20.9 Å². The smallest absolute Gasteiger partial charge is 0.414 e. The van der Waals surface area contributed by atoms with Crippen LogP contribution in [0.1, 0.15) is 16.8 Å². The highest BCUT2D eigenvalue weighted by atomic mass is 19.1. The first-order chi connectivity index (χ1) is 20.4. The van der Waals surface area contributed by atoms with Gasteiger partial charge in [0.05, 0.1) is 44.3 Å². The molecule has 2 N–H and O–H groups in total. The second-order valence-corrected chi connectivity index (χ2v) is 9.75. The summed E-state index contributed by atoms with van der Waals surface area (Å²) < 4.78 is 39.7. The molecule has 0 saturated carbocycles. The summed E-state index contributed by atoms with van der Waals surface area (Å²) in [5.74, 6) is -0.473. The standard InChI is InChI=1S/C30H30F2N6O4/c1-41-25-9-4-21(5-10-25)18-38-24(16-35-36-38)15-33-14-20-2-6-22(7-3-20)27-11-8-23(12-28(27)32)37-19-26(42-30(37)40)17-34-29(39)13-31/h2-12,16,26,33H,13-15,17-19H2,1H3,(H,34,39)/t26-/m0/s1. The molecule has 0 radical (unpaired) electrons. The molecule has 1 atom stereocenters. The SMILES string of the molecule is COc1ccc(Cn2nncc2CNCc2ccc(-c3ccc(N4C[C@H](CNC(=O)CF)OC4=O)cc3F)cc2)cc1. The van der Waals surface area contributed by atoms with Crippen molar-refractivity contribution in [2.75, 3.05) is 31.8 Å². The molecule has 1 fully saturated rings. The van der Waals surface area contributed by atoms with Crippen molar-refractivity contribution in [1.29, 1.82) is 0 Å². The average molecular weight is 577 g/mol. The third-order valence-electron chi connectivity index (χ3n) is 6.88. The molecule has 2 amide bonds. The molecule has 42 heavy (non-hydrogen) atoms. The number of hydrogen-bond acceptors (Lipinski definition) is 7. The van der Waals surface area contributed by atoms with Gasteiger partial charge < -0.3 is 20.1 Å². The number of rotatable bonds is 12. The number of amides is 2. The van der Waals surface area contributed by atoms with Gasteiger partial charge in [0.2, 0.25) is 0 Å². The van der Waals surface area contributed by atoms with E-state index in [-0.39, 0.29) is 13.1 Å². The fourth-order valence-electron chi connectivity index (χ4n) is 4.61. The number of ether oxygens (including phenoxy) is 2. The predicted molar refractivity (Wildman–Crippen MR) is 151 cm³/mol. The highest BCUT2D eigenvalue weighted by Gasteiger charge is 2.33. The number of methoxy groups -OCH3 is 1. The van der Waals surface area contributed by atoms with E-state index in [4.69, 9.17) is 9.47 Å². The van der Waals surface area contributed by atoms with E-state index in [0.29, 0.717) is 36.4 Å². The summed E-state index contributed by atoms with van der Waals surface area (Å²) in [7, 11) is 1.63. The van der Waals surface area contributed by atoms with Gasteiger partial charge in [0.15, 0.2) is 6.67 Å². The molecule has 3 aromatic carbocycles. The molecule has 0 spiro atoms. The van der Waals surface area contributed by atoms with Gasteiger partial charge >= 0.3 is 6.09 Å². The maximum absolute atomic E-state index is 15.1. The predicted octanol–water partition coefficient (Wildman–Crippen LogP) is 3.84. The van der Waals surface area contributed by atoms with Crippen LogP contribution >= 0.6 is 0 Å². The quantitative estimate of drug-likeness (QED) is 0.264. The molecule has 5 rings (SSSR count). The van der Waals surface area contributed by atoms with Crippen molar-refractivity contribution in [2.24, 2.45) is 0 Å². The Bertz CT molecular complexity index is 1530. The number of cyclic esters (lactones) is 1. The number of anilines is 1. The summed E-state index contributed by atoms with van der Waals surface area (Å²) in [4.78, 5) is 24.7. The summed E-state index contributed by atoms with van der Waals surface area (Å²) in [5.41, 5.74) is 4.48. The largest absolute Gasteiger partial charge is 0.497 e. The molecular weight excluding hydrogens is 546 g/mol. The van der Waals surface area contributed by atoms with Crippen molar-refractivity contribution in [3.8, 4) is 16.9 Å². The highest BCUT2D eigenvalue weighted by Crippen LogP contribution is 2.29. The number of alkyl halides is 1. The molecule has 10 nitrogen and oxygen atoms in total. The van der Waals surface area contributed by atoms with Crippen molar-refractivity contribution >= 4 is 17.7 Å². The Balaban J connectivity index is 1.15. The lowest BCUT2D eigenvalue weighted by Gasteiger charge is -2.15. The fourth-order valence-corrected chi connectivity index (χ4v) is 4.61. The third kappa shape index (κ3) is 6.89. The Morgan fingerprint density at radius 1 is 1.07 bits per heavy atom. The first-order valence-corrected chi connectivity index (χ1v) is 13.3. The van der Waals surface area contributed by atoms with Crippen molar-refractivity contribution in [3.63, 3.8) is 0 Å². The Hall–Kier alpha value is -4.84. The molecular formula is C30H30F2N6O4. The van der Waals surface area contributed by atoms with Crippen LogP contribution in [0.15, 0.2) is 72.9 Å². The minimum absolute atomic E-state index is 0.0169. The van der Waals surface area contributed by atoms with E-state index >= 15 is 4.39 Å². The second kappa shape index (κ2) is 13.2. The summed E-state index contributed by atoms with van der Waals surface area (Å²) >= 11 is 0. The van der Waals surface area contributed by atoms with Gasteiger partial charge in [-0.05, 0) is 47.0 Å². The van der Waals surface area contributed by atoms with Crippen LogP contribution in [0.3, 0.4) is 0 Å². The molecule has 2 heterocycles. The van der Waals surface area contributed by atoms with Crippen LogP contribution in [-0.2, 0) is 29.2 Å². The molecule has 0 aliphatic carbocycles. The minimum Gasteiger partial charge on any atom is -0.497 e. The van der Waals surface area contributed by atoms with Gasteiger partial charge in [0.1, 0.15) is 17.7 Å². The molecule has 0 unspecified atom stereocenters. The first-order valence-electron chi connectivity index (χ1n) is 13.3. The highest BCUT2D eigenvalue weighted by molar-refractivity contribution is 5.90. The van der Waals surface area contributed by atoms with E-state index in [1.165, 1.54) is 11.0 Å². The van der Waals surface area contributed by atoms with E-state index in [1.807, 2.05) is 53.2 Å². The summed E-state index contributed by atoms with van der Waals surface area (Å²) in [5, 5.41) is 14.0. The topological polar surface area (TPSA) is 111 Å². The third-order valence-corrected chi connectivity index (χ3v) is 6.88. The van der Waals surface area contributed by atoms with Crippen molar-refractivity contribution < 1.29 is 27.8 Å². The van der Waals surface area contributed by atoms with E-state index in [9.17, 15) is 14.0 Å². The molecule has 0 bridgehead atoms. The molecule has 1 aliphatic heterocycles. The number of nitrogens with zero attached hydrogens (tertiary/aromatic N) is 4. The lowest BCUT2D eigenvalue weighted by Crippen LogP contribution is -2.35. The lowest BCUT2D eigenvalue weighted by molar-refractivity contribution is -0.122. The van der Waals surface area contributed by atoms with Crippen LogP contribution in [0.5, 0.6) is 5.75 Å². The average Bonchev–Trinajstić information content (AvgIpc) is 3.62. The van der Waals surface area contributed by atoms with Crippen LogP contribution < -0.4 is 20.3 Å². The van der Waals surface area contributed by atoms with Gasteiger partial charge in [-0.25, -0.2) is 18.3 Å². The molecule has 1 aliphatic rings. The number of carbonyl (C=O) groups excluding carboxylic acids is 2. The van der Waals surface area contributed by atoms with E-state index in [1.54, 1.807) is 25.4 Å². The molecule has 4 aromatic rings. The minimum atomic E-state index is -1.15. The maximum atomic E-state index is 15.1. The molecule has 218 valence electrons. The van der Waals surface area contributed by atoms with Crippen LogP contribution in [0.25, 0.3) is 11.1 Å². The van der Waals surface area contributed by atoms with Crippen LogP contribution in [-0.4, -0.2) is 60.0 Å². The fraction of sp³-hybridized carbons (Fsp3) is 0.267. The molecule has 1 saturated heterocycles. The van der Waals surface area contributed by atoms with Crippen LogP contribution in [0.2, 0.25) is 0 Å². The van der Waals surface area contributed by atoms with Crippen molar-refractivity contribution in [1.82, 2.24) is 25.6 Å². The van der Waals surface area contributed by atoms with Gasteiger partial charge in [0.25, 0.3) is 5.91 Å². The van der Waals surface area contributed by atoms with Gasteiger partial charge in [-0.2, -0.15) is 0 Å². The number of nitrogens with one attached hydrogen (secondary N) is 2. The van der Waals surface area contributed by atoms with Gasteiger partial charge in [-0.15, -0.1) is 5.10 Å². The van der Waals surface area contributed by atoms with Gasteiger partial charge in [0, 0.05) is 18.7 Å². The number of halogens is 2. The summed E-state index contributed by atoms with van der Waals surface area (Å²) in [6.07, 6.45) is 0.429. The normalized spacial score (nSPS) is 14.6. The van der Waals surface area contributed by atoms with Gasteiger partial charge in [-0.3, -0.25) is 9.69 Å². The number of hydrogen-bond donors (Lipinski definition) is 2. The number of aromatic nitrogens is 3. The molecule has 12 heteroatoms. The molecule has 1 aromatic heterocycles. The van der Waals surface area contributed by atoms with Crippen molar-refractivity contribution in [3.05, 3.63) is 95.6 Å². The number of benzene rings is 3. The second-order valence-electron chi connectivity index (χ2n) is 9.75. The Morgan fingerprint density at radius 3 is 2.55 bits per heavy atom. The van der Waals surface area contributed by atoms with E-state index in [0.717, 1.165) is 22.6 Å². The number of carbonyl (C=O) groups is 2. The Morgan fingerprint density at radius 2 is 1.83 bits per heavy atom. The zero-order chi connectivity index (χ0) is 29.5. The summed E-state index contributed by atoms with van der Waals surface area (Å²) in [6, 6.07) is 19.9. The monoisotopic (exact) mass is 576 g/mol. The maximum Gasteiger partial charge on any atom is 0.414 e. The summed E-state index contributed by atoms with van der Waals surface area (Å²) in [6.45, 7) is 0.715. The van der Waals surface area contributed by atoms with Crippen molar-refractivity contribution in [2.45, 2.75) is 25.7 Å². The zero-order valence-electron chi connectivity index (χ0n) is 22.9.